The lowest BCUT2D eigenvalue weighted by atomic mass is 10.2. The lowest BCUT2D eigenvalue weighted by Crippen LogP contribution is -2.38. The maximum Gasteiger partial charge on any atom is 0.325 e. The molecule has 0 atom stereocenters. The fourth-order valence-corrected chi connectivity index (χ4v) is 2.16. The van der Waals surface area contributed by atoms with Gasteiger partial charge in [-0.15, -0.1) is 0 Å². The van der Waals surface area contributed by atoms with Crippen LogP contribution in [0.2, 0.25) is 0 Å². The van der Waals surface area contributed by atoms with Crippen LogP contribution in [0.25, 0.3) is 0 Å². The fraction of sp³-hybridized carbons (Fsp3) is 0.462. The van der Waals surface area contributed by atoms with Crippen molar-refractivity contribution in [1.29, 1.82) is 0 Å². The average Bonchev–Trinajstić information content (AvgIpc) is 3.20. The smallest absolute Gasteiger partial charge is 0.325 e. The van der Waals surface area contributed by atoms with Crippen molar-refractivity contribution in [3.05, 3.63) is 28.5 Å². The molecule has 102 valence electrons. The molecule has 1 fully saturated rings. The van der Waals surface area contributed by atoms with E-state index in [1.54, 1.807) is 30.2 Å². The number of pyridine rings is 1. The van der Waals surface area contributed by atoms with Crippen molar-refractivity contribution in [2.24, 2.45) is 0 Å². The minimum absolute atomic E-state index is 0.0112. The zero-order valence-corrected chi connectivity index (χ0v) is 12.2. The van der Waals surface area contributed by atoms with Crippen molar-refractivity contribution in [3.8, 4) is 0 Å². The minimum atomic E-state index is -0.365. The first kappa shape index (κ1) is 14.0. The van der Waals surface area contributed by atoms with Crippen LogP contribution in [-0.4, -0.2) is 41.0 Å². The Hall–Kier alpha value is -1.43. The number of aromatic nitrogens is 1. The maximum atomic E-state index is 12.4. The van der Waals surface area contributed by atoms with E-state index in [1.165, 1.54) is 0 Å². The quantitative estimate of drug-likeness (QED) is 0.613. The van der Waals surface area contributed by atoms with Gasteiger partial charge in [0.15, 0.2) is 0 Å². The highest BCUT2D eigenvalue weighted by Gasteiger charge is 2.34. The number of amides is 1. The molecule has 0 aromatic carbocycles. The van der Waals surface area contributed by atoms with Gasteiger partial charge in [0.25, 0.3) is 5.91 Å². The van der Waals surface area contributed by atoms with Crippen molar-refractivity contribution >= 4 is 27.8 Å². The van der Waals surface area contributed by atoms with E-state index in [1.807, 2.05) is 0 Å². The molecule has 1 amide bonds. The monoisotopic (exact) mass is 326 g/mol. The zero-order chi connectivity index (χ0) is 13.8. The second-order valence-corrected chi connectivity index (χ2v) is 5.15. The Labute approximate surface area is 120 Å². The number of rotatable bonds is 5. The maximum absolute atomic E-state index is 12.4. The van der Waals surface area contributed by atoms with E-state index >= 15 is 0 Å². The van der Waals surface area contributed by atoms with Crippen LogP contribution in [0.15, 0.2) is 22.9 Å². The van der Waals surface area contributed by atoms with Gasteiger partial charge in [0.05, 0.1) is 6.61 Å². The SMILES string of the molecule is CCOC(=O)CN(C(=O)c1ccnc(Br)c1)C1CC1. The number of hydrogen-bond acceptors (Lipinski definition) is 4. The third-order valence-electron chi connectivity index (χ3n) is 2.83. The lowest BCUT2D eigenvalue weighted by Gasteiger charge is -2.21. The summed E-state index contributed by atoms with van der Waals surface area (Å²) < 4.78 is 5.51. The van der Waals surface area contributed by atoms with E-state index in [0.29, 0.717) is 16.8 Å². The molecule has 5 nitrogen and oxygen atoms in total. The largest absolute Gasteiger partial charge is 0.465 e. The highest BCUT2D eigenvalue weighted by atomic mass is 79.9. The van der Waals surface area contributed by atoms with Crippen LogP contribution in [-0.2, 0) is 9.53 Å². The van der Waals surface area contributed by atoms with Crippen LogP contribution < -0.4 is 0 Å². The number of carbonyl (C=O) groups excluding carboxylic acids is 2. The van der Waals surface area contributed by atoms with E-state index < -0.39 is 0 Å². The molecule has 1 aliphatic rings. The van der Waals surface area contributed by atoms with Crippen LogP contribution in [0.3, 0.4) is 0 Å². The van der Waals surface area contributed by atoms with Crippen LogP contribution in [0.5, 0.6) is 0 Å². The van der Waals surface area contributed by atoms with Crippen molar-refractivity contribution < 1.29 is 14.3 Å². The van der Waals surface area contributed by atoms with Crippen molar-refractivity contribution in [3.63, 3.8) is 0 Å². The Bertz CT molecular complexity index is 489. The second kappa shape index (κ2) is 6.14. The van der Waals surface area contributed by atoms with E-state index in [0.717, 1.165) is 12.8 Å². The molecule has 0 radical (unpaired) electrons. The molecule has 1 aliphatic carbocycles. The molecule has 0 N–H and O–H groups in total. The van der Waals surface area contributed by atoms with Gasteiger partial charge in [0.2, 0.25) is 0 Å². The predicted octanol–water partition coefficient (Wildman–Crippen LogP) is 2.01. The highest BCUT2D eigenvalue weighted by molar-refractivity contribution is 9.10. The summed E-state index contributed by atoms with van der Waals surface area (Å²) in [7, 11) is 0. The van der Waals surface area contributed by atoms with Gasteiger partial charge in [0, 0.05) is 17.8 Å². The number of halogens is 1. The summed E-state index contributed by atoms with van der Waals surface area (Å²) in [5.41, 5.74) is 0.526. The Morgan fingerprint density at radius 1 is 1.53 bits per heavy atom. The van der Waals surface area contributed by atoms with Crippen molar-refractivity contribution in [2.45, 2.75) is 25.8 Å². The first-order valence-corrected chi connectivity index (χ1v) is 6.99. The molecule has 0 unspecified atom stereocenters. The Morgan fingerprint density at radius 3 is 2.84 bits per heavy atom. The number of ether oxygens (including phenoxy) is 1. The zero-order valence-electron chi connectivity index (χ0n) is 10.6. The Morgan fingerprint density at radius 2 is 2.26 bits per heavy atom. The summed E-state index contributed by atoms with van der Waals surface area (Å²) in [6.45, 7) is 2.09. The van der Waals surface area contributed by atoms with Crippen LogP contribution >= 0.6 is 15.9 Å². The first-order chi connectivity index (χ1) is 9.11. The summed E-state index contributed by atoms with van der Waals surface area (Å²) >= 11 is 3.23. The minimum Gasteiger partial charge on any atom is -0.465 e. The Balaban J connectivity index is 2.10. The summed E-state index contributed by atoms with van der Waals surface area (Å²) in [6, 6.07) is 3.46. The summed E-state index contributed by atoms with van der Waals surface area (Å²) in [4.78, 5) is 29.5. The molecule has 6 heteroatoms. The van der Waals surface area contributed by atoms with Gasteiger partial charge in [-0.25, -0.2) is 4.98 Å². The molecule has 19 heavy (non-hydrogen) atoms. The molecule has 1 saturated carbocycles. The van der Waals surface area contributed by atoms with Gasteiger partial charge in [-0.3, -0.25) is 9.59 Å². The van der Waals surface area contributed by atoms with Crippen molar-refractivity contribution in [2.75, 3.05) is 13.2 Å². The molecule has 0 bridgehead atoms. The molecular weight excluding hydrogens is 312 g/mol. The number of hydrogen-bond donors (Lipinski definition) is 0. The van der Waals surface area contributed by atoms with Crippen molar-refractivity contribution in [1.82, 2.24) is 9.88 Å². The van der Waals surface area contributed by atoms with Gasteiger partial charge in [-0.05, 0) is 47.8 Å². The summed E-state index contributed by atoms with van der Waals surface area (Å²) in [5, 5.41) is 0. The van der Waals surface area contributed by atoms with Gasteiger partial charge in [-0.1, -0.05) is 0 Å². The van der Waals surface area contributed by atoms with E-state index in [9.17, 15) is 9.59 Å². The fourth-order valence-electron chi connectivity index (χ4n) is 1.80. The van der Waals surface area contributed by atoms with Crippen LogP contribution in [0, 0.1) is 0 Å². The first-order valence-electron chi connectivity index (χ1n) is 6.20. The number of nitrogens with zero attached hydrogens (tertiary/aromatic N) is 2. The van der Waals surface area contributed by atoms with E-state index in [-0.39, 0.29) is 24.5 Å². The average molecular weight is 327 g/mol. The molecule has 1 aromatic heterocycles. The van der Waals surface area contributed by atoms with Gasteiger partial charge >= 0.3 is 5.97 Å². The van der Waals surface area contributed by atoms with Gasteiger partial charge in [-0.2, -0.15) is 0 Å². The standard InChI is InChI=1S/C13H15BrN2O3/c1-2-19-12(17)8-16(10-3-4-10)13(18)9-5-6-15-11(14)7-9/h5-7,10H,2-4,8H2,1H3. The van der Waals surface area contributed by atoms with Crippen LogP contribution in [0.4, 0.5) is 0 Å². The number of esters is 1. The van der Waals surface area contributed by atoms with Gasteiger partial charge in [0.1, 0.15) is 11.1 Å². The lowest BCUT2D eigenvalue weighted by molar-refractivity contribution is -0.144. The molecule has 1 aromatic rings. The molecular formula is C13H15BrN2O3. The summed E-state index contributed by atoms with van der Waals surface area (Å²) in [6.07, 6.45) is 3.45. The third kappa shape index (κ3) is 3.76. The van der Waals surface area contributed by atoms with Crippen LogP contribution in [0.1, 0.15) is 30.1 Å². The molecule has 0 spiro atoms. The molecule has 0 aliphatic heterocycles. The third-order valence-corrected chi connectivity index (χ3v) is 3.26. The highest BCUT2D eigenvalue weighted by Crippen LogP contribution is 2.28. The van der Waals surface area contributed by atoms with E-state index in [4.69, 9.17) is 4.74 Å². The summed E-state index contributed by atoms with van der Waals surface area (Å²) in [5.74, 6) is -0.519. The van der Waals surface area contributed by atoms with E-state index in [2.05, 4.69) is 20.9 Å². The topological polar surface area (TPSA) is 59.5 Å². The molecule has 1 heterocycles. The second-order valence-electron chi connectivity index (χ2n) is 4.34. The number of carbonyl (C=O) groups is 2. The normalized spacial score (nSPS) is 14.0. The molecule has 2 rings (SSSR count). The molecule has 0 saturated heterocycles. The Kier molecular flexibility index (Phi) is 4.52. The predicted molar refractivity (Wildman–Crippen MR) is 72.6 cm³/mol. The van der Waals surface area contributed by atoms with Gasteiger partial charge < -0.3 is 9.64 Å².